The molecule has 0 bridgehead atoms. The number of hydrogen-bond donors (Lipinski definition) is 3. The molecular weight excluding hydrogens is 340 g/mol. The Kier molecular flexibility index (Phi) is 6.33. The van der Waals surface area contributed by atoms with E-state index in [1.807, 2.05) is 6.92 Å². The average Bonchev–Trinajstić information content (AvgIpc) is 3.16. The number of ketones is 1. The smallest absolute Gasteiger partial charge is 0.245 e. The topological polar surface area (TPSA) is 153 Å². The number of carbonyl (C=O) groups excluding carboxylic acids is 5. The van der Waals surface area contributed by atoms with Crippen molar-refractivity contribution in [3.8, 4) is 0 Å². The minimum absolute atomic E-state index is 0.0194. The van der Waals surface area contributed by atoms with E-state index < -0.39 is 35.7 Å². The standard InChI is InChI=1S/C17H26N4O5/c1-9-7-10(22)8-11(9)16(25)20-12(4-5-14(18)23)17(26)21-6-2-3-13(21)15(19)24/h9,11-13H,2-8H2,1H3,(H2,18,23)(H2,19,24)(H,20,25)/t9-,11+,12-,13-/m0/s1. The quantitative estimate of drug-likeness (QED) is 0.518. The van der Waals surface area contributed by atoms with Crippen LogP contribution >= 0.6 is 0 Å². The fraction of sp³-hybridized carbons (Fsp3) is 0.706. The van der Waals surface area contributed by atoms with E-state index in [9.17, 15) is 24.0 Å². The van der Waals surface area contributed by atoms with Crippen LogP contribution in [0.5, 0.6) is 0 Å². The average molecular weight is 366 g/mol. The lowest BCUT2D eigenvalue weighted by Crippen LogP contribution is -2.54. The maximum absolute atomic E-state index is 12.9. The molecule has 4 atom stereocenters. The van der Waals surface area contributed by atoms with Crippen LogP contribution in [0.15, 0.2) is 0 Å². The number of amides is 4. The zero-order valence-electron chi connectivity index (χ0n) is 14.9. The maximum atomic E-state index is 12.9. The number of primary amides is 2. The van der Waals surface area contributed by atoms with E-state index in [0.29, 0.717) is 25.8 Å². The molecule has 2 fully saturated rings. The number of Topliss-reactive ketones (excluding diaryl/α,β-unsaturated/α-hetero) is 1. The fourth-order valence-corrected chi connectivity index (χ4v) is 3.73. The normalized spacial score (nSPS) is 26.6. The van der Waals surface area contributed by atoms with Crippen LogP contribution in [0.3, 0.4) is 0 Å². The summed E-state index contributed by atoms with van der Waals surface area (Å²) in [6.07, 6.45) is 1.57. The predicted molar refractivity (Wildman–Crippen MR) is 91.2 cm³/mol. The Labute approximate surface area is 151 Å². The summed E-state index contributed by atoms with van der Waals surface area (Å²) in [4.78, 5) is 61.0. The lowest BCUT2D eigenvalue weighted by atomic mass is 9.96. The first kappa shape index (κ1) is 19.9. The lowest BCUT2D eigenvalue weighted by molar-refractivity contribution is -0.141. The van der Waals surface area contributed by atoms with Crippen molar-refractivity contribution in [2.24, 2.45) is 23.3 Å². The second-order valence-corrected chi connectivity index (χ2v) is 7.19. The number of rotatable bonds is 7. The first-order chi connectivity index (χ1) is 12.2. The SMILES string of the molecule is C[C@H]1CC(=O)C[C@H]1C(=O)N[C@@H](CCC(N)=O)C(=O)N1CCC[C@H]1C(N)=O. The third-order valence-corrected chi connectivity index (χ3v) is 5.18. The van der Waals surface area contributed by atoms with Gasteiger partial charge < -0.3 is 21.7 Å². The van der Waals surface area contributed by atoms with E-state index in [1.54, 1.807) is 0 Å². The van der Waals surface area contributed by atoms with Crippen molar-refractivity contribution in [3.05, 3.63) is 0 Å². The minimum atomic E-state index is -0.974. The number of nitrogens with one attached hydrogen (secondary N) is 1. The van der Waals surface area contributed by atoms with Crippen molar-refractivity contribution in [1.29, 1.82) is 0 Å². The Balaban J connectivity index is 2.10. The predicted octanol–water partition coefficient (Wildman–Crippen LogP) is -1.17. The van der Waals surface area contributed by atoms with E-state index in [2.05, 4.69) is 5.32 Å². The maximum Gasteiger partial charge on any atom is 0.245 e. The summed E-state index contributed by atoms with van der Waals surface area (Å²) in [5, 5.41) is 2.66. The molecule has 1 heterocycles. The van der Waals surface area contributed by atoms with E-state index >= 15 is 0 Å². The fourth-order valence-electron chi connectivity index (χ4n) is 3.73. The Morgan fingerprint density at radius 2 is 1.92 bits per heavy atom. The molecule has 0 radical (unpaired) electrons. The summed E-state index contributed by atoms with van der Waals surface area (Å²) < 4.78 is 0. The Morgan fingerprint density at radius 1 is 1.23 bits per heavy atom. The molecule has 2 aliphatic rings. The van der Waals surface area contributed by atoms with Gasteiger partial charge in [0.2, 0.25) is 23.6 Å². The monoisotopic (exact) mass is 366 g/mol. The molecular formula is C17H26N4O5. The molecule has 2 rings (SSSR count). The molecule has 144 valence electrons. The van der Waals surface area contributed by atoms with E-state index in [-0.39, 0.29) is 36.9 Å². The van der Waals surface area contributed by atoms with Crippen LogP contribution in [0.4, 0.5) is 0 Å². The van der Waals surface area contributed by atoms with Gasteiger partial charge >= 0.3 is 0 Å². The van der Waals surface area contributed by atoms with Crippen LogP contribution in [-0.4, -0.2) is 52.9 Å². The largest absolute Gasteiger partial charge is 0.370 e. The Bertz CT molecular complexity index is 620. The number of nitrogens with zero attached hydrogens (tertiary/aromatic N) is 1. The van der Waals surface area contributed by atoms with Gasteiger partial charge in [0, 0.05) is 31.7 Å². The third kappa shape index (κ3) is 4.59. The molecule has 0 unspecified atom stereocenters. The molecule has 0 aromatic heterocycles. The molecule has 26 heavy (non-hydrogen) atoms. The van der Waals surface area contributed by atoms with Crippen LogP contribution in [0.1, 0.15) is 45.4 Å². The lowest BCUT2D eigenvalue weighted by Gasteiger charge is -2.28. The minimum Gasteiger partial charge on any atom is -0.370 e. The van der Waals surface area contributed by atoms with Crippen LogP contribution in [0.25, 0.3) is 0 Å². The molecule has 1 aliphatic heterocycles. The highest BCUT2D eigenvalue weighted by molar-refractivity contribution is 5.95. The Morgan fingerprint density at radius 3 is 2.46 bits per heavy atom. The van der Waals surface area contributed by atoms with Crippen molar-refractivity contribution in [1.82, 2.24) is 10.2 Å². The summed E-state index contributed by atoms with van der Waals surface area (Å²) in [7, 11) is 0. The van der Waals surface area contributed by atoms with Crippen LogP contribution in [-0.2, 0) is 24.0 Å². The highest BCUT2D eigenvalue weighted by atomic mass is 16.2. The number of nitrogens with two attached hydrogens (primary N) is 2. The van der Waals surface area contributed by atoms with E-state index in [1.165, 1.54) is 4.90 Å². The van der Waals surface area contributed by atoms with Gasteiger partial charge in [-0.1, -0.05) is 6.92 Å². The zero-order valence-corrected chi connectivity index (χ0v) is 14.9. The van der Waals surface area contributed by atoms with Crippen molar-refractivity contribution < 1.29 is 24.0 Å². The zero-order chi connectivity index (χ0) is 19.4. The number of carbonyl (C=O) groups is 5. The molecule has 4 amide bonds. The molecule has 0 spiro atoms. The number of likely N-dealkylation sites (tertiary alicyclic amines) is 1. The molecule has 0 aromatic carbocycles. The number of hydrogen-bond acceptors (Lipinski definition) is 5. The van der Waals surface area contributed by atoms with Crippen LogP contribution < -0.4 is 16.8 Å². The van der Waals surface area contributed by atoms with Crippen molar-refractivity contribution in [2.45, 2.75) is 57.5 Å². The van der Waals surface area contributed by atoms with Gasteiger partial charge in [0.1, 0.15) is 17.9 Å². The molecule has 9 nitrogen and oxygen atoms in total. The second-order valence-electron chi connectivity index (χ2n) is 7.19. The first-order valence-corrected chi connectivity index (χ1v) is 8.91. The van der Waals surface area contributed by atoms with Crippen molar-refractivity contribution in [2.75, 3.05) is 6.54 Å². The van der Waals surface area contributed by atoms with Crippen molar-refractivity contribution in [3.63, 3.8) is 0 Å². The van der Waals surface area contributed by atoms with Crippen LogP contribution in [0, 0.1) is 11.8 Å². The van der Waals surface area contributed by atoms with Crippen molar-refractivity contribution >= 4 is 29.4 Å². The highest BCUT2D eigenvalue weighted by Crippen LogP contribution is 2.29. The molecule has 0 aromatic rings. The summed E-state index contributed by atoms with van der Waals surface area (Å²) in [6.45, 7) is 2.19. The molecule has 1 saturated heterocycles. The van der Waals surface area contributed by atoms with Gasteiger partial charge in [-0.25, -0.2) is 0 Å². The molecule has 1 aliphatic carbocycles. The van der Waals surface area contributed by atoms with Gasteiger partial charge in [-0.3, -0.25) is 24.0 Å². The highest BCUT2D eigenvalue weighted by Gasteiger charge is 2.39. The third-order valence-electron chi connectivity index (χ3n) is 5.18. The summed E-state index contributed by atoms with van der Waals surface area (Å²) in [5.74, 6) is -2.58. The van der Waals surface area contributed by atoms with Gasteiger partial charge in [0.25, 0.3) is 0 Å². The summed E-state index contributed by atoms with van der Waals surface area (Å²) in [5.41, 5.74) is 10.5. The Hall–Kier alpha value is -2.45. The van der Waals surface area contributed by atoms with Gasteiger partial charge in [-0.2, -0.15) is 0 Å². The van der Waals surface area contributed by atoms with Crippen LogP contribution in [0.2, 0.25) is 0 Å². The molecule has 5 N–H and O–H groups in total. The van der Waals surface area contributed by atoms with Gasteiger partial charge in [-0.15, -0.1) is 0 Å². The molecule has 9 heteroatoms. The summed E-state index contributed by atoms with van der Waals surface area (Å²) in [6, 6.07) is -1.68. The second kappa shape index (κ2) is 8.29. The van der Waals surface area contributed by atoms with Gasteiger partial charge in [0.05, 0.1) is 0 Å². The van der Waals surface area contributed by atoms with Gasteiger partial charge in [0.15, 0.2) is 0 Å². The molecule has 1 saturated carbocycles. The van der Waals surface area contributed by atoms with E-state index in [4.69, 9.17) is 11.5 Å². The summed E-state index contributed by atoms with van der Waals surface area (Å²) >= 11 is 0. The van der Waals surface area contributed by atoms with Gasteiger partial charge in [-0.05, 0) is 25.2 Å². The van der Waals surface area contributed by atoms with E-state index in [0.717, 1.165) is 0 Å². The first-order valence-electron chi connectivity index (χ1n) is 8.91.